The third kappa shape index (κ3) is 9.81. The van der Waals surface area contributed by atoms with Gasteiger partial charge in [-0.05, 0) is 37.5 Å². The van der Waals surface area contributed by atoms with Crippen molar-refractivity contribution in [2.45, 2.75) is 20.3 Å². The predicted molar refractivity (Wildman–Crippen MR) is 104 cm³/mol. The molecule has 23 heavy (non-hydrogen) atoms. The van der Waals surface area contributed by atoms with E-state index in [-0.39, 0.29) is 11.8 Å². The molecule has 1 unspecified atom stereocenters. The van der Waals surface area contributed by atoms with Crippen LogP contribution in [0.25, 0.3) is 10.9 Å². The van der Waals surface area contributed by atoms with Crippen LogP contribution in [0, 0.1) is 5.92 Å². The Balaban J connectivity index is 0. The van der Waals surface area contributed by atoms with E-state index in [2.05, 4.69) is 17.6 Å². The summed E-state index contributed by atoms with van der Waals surface area (Å²) in [7, 11) is 1.00. The quantitative estimate of drug-likeness (QED) is 0.748. The highest BCUT2D eigenvalue weighted by Crippen LogP contribution is 2.20. The summed E-state index contributed by atoms with van der Waals surface area (Å²) in [4.78, 5) is 14.2. The molecule has 4 nitrogen and oxygen atoms in total. The Morgan fingerprint density at radius 2 is 1.87 bits per heavy atom. The van der Waals surface area contributed by atoms with Crippen molar-refractivity contribution in [3.05, 3.63) is 48.7 Å². The number of hydrogen-bond donors (Lipinski definition) is 3. The summed E-state index contributed by atoms with van der Waals surface area (Å²) in [5.41, 5.74) is 7.50. The predicted octanol–water partition coefficient (Wildman–Crippen LogP) is 3.61. The number of H-pyrrole nitrogens is 1. The summed E-state index contributed by atoms with van der Waals surface area (Å²) >= 11 is 1.75. The van der Waals surface area contributed by atoms with Crippen LogP contribution in [-0.2, 0) is 11.2 Å². The highest BCUT2D eigenvalue weighted by molar-refractivity contribution is 7.97. The van der Waals surface area contributed by atoms with Crippen molar-refractivity contribution in [3.63, 3.8) is 0 Å². The van der Waals surface area contributed by atoms with E-state index < -0.39 is 0 Å². The van der Waals surface area contributed by atoms with Crippen molar-refractivity contribution in [1.82, 2.24) is 4.98 Å². The number of nitrogens with two attached hydrogens (primary N) is 1. The number of benzene rings is 1. The molecule has 0 aliphatic rings. The summed E-state index contributed by atoms with van der Waals surface area (Å²) in [5.74, 6) is -0.371. The molecule has 0 radical (unpaired) electrons. The molecule has 0 fully saturated rings. The Hall–Kier alpha value is -1.72. The Kier molecular flexibility index (Phi) is 15.5. The number of aliphatic hydroxyl groups excluding tert-OH is 1. The van der Waals surface area contributed by atoms with Gasteiger partial charge >= 0.3 is 0 Å². The molecule has 2 rings (SSSR count). The van der Waals surface area contributed by atoms with Crippen molar-refractivity contribution >= 4 is 28.6 Å². The average molecular weight is 339 g/mol. The van der Waals surface area contributed by atoms with E-state index in [1.165, 1.54) is 5.39 Å². The molecule has 1 amide bonds. The van der Waals surface area contributed by atoms with Crippen LogP contribution in [0.4, 0.5) is 0 Å². The first-order chi connectivity index (χ1) is 11.0. The van der Waals surface area contributed by atoms with Gasteiger partial charge in [0.1, 0.15) is 0 Å². The molecule has 1 aromatic carbocycles. The Bertz CT molecular complexity index is 553. The van der Waals surface area contributed by atoms with Gasteiger partial charge in [0.2, 0.25) is 5.91 Å². The molecule has 0 bridgehead atoms. The first kappa shape index (κ1) is 23.5. The highest BCUT2D eigenvalue weighted by Gasteiger charge is 2.12. The van der Waals surface area contributed by atoms with E-state index in [1.807, 2.05) is 50.8 Å². The number of carbonyl (C=O) groups excluding carboxylic acids is 1. The molecule has 1 heterocycles. The van der Waals surface area contributed by atoms with Gasteiger partial charge in [-0.1, -0.05) is 31.2 Å². The van der Waals surface area contributed by atoms with Crippen molar-refractivity contribution in [1.29, 1.82) is 0 Å². The molecule has 1 atom stereocenters. The summed E-state index contributed by atoms with van der Waals surface area (Å²) < 4.78 is 0. The molecule has 0 saturated carbocycles. The maximum absolute atomic E-state index is 11.0. The van der Waals surface area contributed by atoms with Crippen LogP contribution in [0.15, 0.2) is 43.1 Å². The van der Waals surface area contributed by atoms with Crippen molar-refractivity contribution in [2.75, 3.05) is 19.6 Å². The van der Waals surface area contributed by atoms with Gasteiger partial charge in [-0.15, -0.1) is 6.58 Å². The molecule has 0 aliphatic carbocycles. The molecule has 0 aliphatic heterocycles. The molecule has 5 heteroatoms. The monoisotopic (exact) mass is 338 g/mol. The van der Waals surface area contributed by atoms with Crippen LogP contribution in [0.1, 0.15) is 19.4 Å². The number of para-hydroxylation sites is 1. The first-order valence-electron chi connectivity index (χ1n) is 7.27. The van der Waals surface area contributed by atoms with Gasteiger partial charge in [0.15, 0.2) is 0 Å². The number of hydrogen-bond acceptors (Lipinski definition) is 3. The fourth-order valence-electron chi connectivity index (χ4n) is 1.73. The van der Waals surface area contributed by atoms with Crippen LogP contribution in [0.2, 0.25) is 0 Å². The topological polar surface area (TPSA) is 79.1 Å². The number of amides is 1. The minimum absolute atomic E-state index is 0.121. The van der Waals surface area contributed by atoms with Crippen LogP contribution in [0.5, 0.6) is 0 Å². The zero-order valence-corrected chi connectivity index (χ0v) is 15.6. The summed E-state index contributed by atoms with van der Waals surface area (Å²) in [6, 6.07) is 8.05. The van der Waals surface area contributed by atoms with Crippen molar-refractivity contribution in [3.8, 4) is 0 Å². The van der Waals surface area contributed by atoms with Gasteiger partial charge in [0, 0.05) is 30.1 Å². The number of fused-ring (bicyclic) bond motifs is 1. The van der Waals surface area contributed by atoms with Gasteiger partial charge in [0.25, 0.3) is 0 Å². The van der Waals surface area contributed by atoms with Crippen LogP contribution >= 0.6 is 11.8 Å². The smallest absolute Gasteiger partial charge is 0.220 e. The van der Waals surface area contributed by atoms with Crippen molar-refractivity contribution in [2.24, 2.45) is 11.7 Å². The third-order valence-electron chi connectivity index (χ3n) is 2.69. The molecule has 130 valence electrons. The largest absolute Gasteiger partial charge is 0.400 e. The number of rotatable bonds is 3. The zero-order valence-electron chi connectivity index (χ0n) is 14.8. The van der Waals surface area contributed by atoms with E-state index in [4.69, 9.17) is 10.8 Å². The number of allylic oxidation sites excluding steroid dienone is 1. The summed E-state index contributed by atoms with van der Waals surface area (Å²) in [5, 5.41) is 8.17. The second-order valence-corrected chi connectivity index (χ2v) is 5.50. The number of nitrogens with one attached hydrogen (secondary N) is 1. The lowest BCUT2D eigenvalue weighted by molar-refractivity contribution is -0.121. The number of aromatic amines is 1. The zero-order chi connectivity index (χ0) is 18.3. The average Bonchev–Trinajstić information content (AvgIpc) is 2.94. The number of aliphatic hydroxyl groups is 1. The second kappa shape index (κ2) is 15.2. The molecule has 2 aromatic rings. The highest BCUT2D eigenvalue weighted by atomic mass is 32.2. The first-order valence-corrected chi connectivity index (χ1v) is 8.91. The maximum atomic E-state index is 11.0. The Labute approximate surface area is 144 Å². The standard InChI is InChI=1S/C12H14N2O.C3H6.C2H6S.CH4O/c1-8(12(13)15)6-9-7-14-11-5-3-2-4-10(9)11;2*1-3-2;1-2/h2-5,7-8,14H,6H2,1H3,(H2,13,15);3H,1H2,2H3;1-2H3;2H,1H3. The normalized spacial score (nSPS) is 10.0. The number of carbonyl (C=O) groups is 1. The molecule has 1 aromatic heterocycles. The van der Waals surface area contributed by atoms with E-state index in [0.717, 1.165) is 18.2 Å². The fraction of sp³-hybridized carbons (Fsp3) is 0.389. The minimum Gasteiger partial charge on any atom is -0.400 e. The van der Waals surface area contributed by atoms with Crippen LogP contribution in [0.3, 0.4) is 0 Å². The number of thioether (sulfide) groups is 1. The minimum atomic E-state index is -0.250. The lowest BCUT2D eigenvalue weighted by atomic mass is 10.0. The Morgan fingerprint density at radius 1 is 1.39 bits per heavy atom. The van der Waals surface area contributed by atoms with Crippen LogP contribution in [-0.4, -0.2) is 35.6 Å². The molecular weight excluding hydrogens is 308 g/mol. The van der Waals surface area contributed by atoms with Crippen molar-refractivity contribution < 1.29 is 9.90 Å². The molecule has 4 N–H and O–H groups in total. The maximum Gasteiger partial charge on any atom is 0.220 e. The van der Waals surface area contributed by atoms with E-state index >= 15 is 0 Å². The van der Waals surface area contributed by atoms with Gasteiger partial charge in [-0.3, -0.25) is 4.79 Å². The SMILES string of the molecule is C=CC.CC(Cc1c[nH]c2ccccc12)C(N)=O.CO.CSC. The lowest BCUT2D eigenvalue weighted by Gasteiger charge is -2.05. The third-order valence-corrected chi connectivity index (χ3v) is 2.69. The number of primary amides is 1. The van der Waals surface area contributed by atoms with Crippen LogP contribution < -0.4 is 5.73 Å². The molecule has 0 saturated heterocycles. The van der Waals surface area contributed by atoms with Gasteiger partial charge < -0.3 is 15.8 Å². The number of aromatic nitrogens is 1. The van der Waals surface area contributed by atoms with E-state index in [1.54, 1.807) is 17.8 Å². The van der Waals surface area contributed by atoms with E-state index in [0.29, 0.717) is 6.42 Å². The van der Waals surface area contributed by atoms with Gasteiger partial charge in [0.05, 0.1) is 0 Å². The summed E-state index contributed by atoms with van der Waals surface area (Å²) in [6.45, 7) is 7.10. The van der Waals surface area contributed by atoms with E-state index in [9.17, 15) is 4.79 Å². The summed E-state index contributed by atoms with van der Waals surface area (Å²) in [6.07, 6.45) is 8.48. The van der Waals surface area contributed by atoms with Gasteiger partial charge in [-0.2, -0.15) is 11.8 Å². The fourth-order valence-corrected chi connectivity index (χ4v) is 1.73. The van der Waals surface area contributed by atoms with Gasteiger partial charge in [-0.25, -0.2) is 0 Å². The molecule has 0 spiro atoms. The Morgan fingerprint density at radius 3 is 2.35 bits per heavy atom. The second-order valence-electron chi connectivity index (χ2n) is 4.68. The molecular formula is C18H30N2O2S. The lowest BCUT2D eigenvalue weighted by Crippen LogP contribution is -2.22.